The third-order valence-corrected chi connectivity index (χ3v) is 8.11. The molecule has 1 aromatic heterocycles. The molecule has 0 spiro atoms. The van der Waals surface area contributed by atoms with Gasteiger partial charge in [0, 0.05) is 16.5 Å². The molecule has 200 valence electrons. The maximum absolute atomic E-state index is 13.8. The van der Waals surface area contributed by atoms with E-state index in [0.717, 1.165) is 15.6 Å². The Hall–Kier alpha value is -3.47. The van der Waals surface area contributed by atoms with Crippen LogP contribution in [0.1, 0.15) is 24.1 Å². The van der Waals surface area contributed by atoms with Gasteiger partial charge in [-0.3, -0.25) is 4.79 Å². The second kappa shape index (κ2) is 11.7. The summed E-state index contributed by atoms with van der Waals surface area (Å²) < 4.78 is 13.4. The molecule has 2 N–H and O–H groups in total. The minimum atomic E-state index is -0.555. The summed E-state index contributed by atoms with van der Waals surface area (Å²) in [5.41, 5.74) is 3.56. The highest BCUT2D eigenvalue weighted by molar-refractivity contribution is 9.10. The van der Waals surface area contributed by atoms with E-state index in [0.29, 0.717) is 50.3 Å². The summed E-state index contributed by atoms with van der Waals surface area (Å²) in [5.74, 6) is 2.11. The highest BCUT2D eigenvalue weighted by atomic mass is 79.9. The molecule has 5 rings (SSSR count). The van der Waals surface area contributed by atoms with Gasteiger partial charge in [-0.1, -0.05) is 59.8 Å². The molecule has 1 unspecified atom stereocenters. The van der Waals surface area contributed by atoms with Crippen molar-refractivity contribution in [1.29, 1.82) is 0 Å². The number of ether oxygens (including phenoxy) is 2. The number of thioether (sulfide) groups is 1. The number of allylic oxidation sites excluding steroid dienone is 1. The number of hydrogen-bond acceptors (Lipinski definition) is 7. The molecule has 0 saturated carbocycles. The molecule has 39 heavy (non-hydrogen) atoms. The van der Waals surface area contributed by atoms with Crippen molar-refractivity contribution in [2.45, 2.75) is 23.9 Å². The first-order chi connectivity index (χ1) is 18.9. The van der Waals surface area contributed by atoms with Crippen LogP contribution in [0.4, 0.5) is 11.6 Å². The number of nitrogens with zero attached hydrogens (tertiary/aromatic N) is 3. The van der Waals surface area contributed by atoms with Gasteiger partial charge in [-0.25, -0.2) is 4.68 Å². The zero-order valence-corrected chi connectivity index (χ0v) is 24.5. The Balaban J connectivity index is 1.53. The van der Waals surface area contributed by atoms with Crippen molar-refractivity contribution in [1.82, 2.24) is 14.8 Å². The molecule has 0 fully saturated rings. The Morgan fingerprint density at radius 3 is 2.59 bits per heavy atom. The van der Waals surface area contributed by atoms with Gasteiger partial charge in [0.15, 0.2) is 0 Å². The summed E-state index contributed by atoms with van der Waals surface area (Å²) in [6, 6.07) is 20.1. The number of methoxy groups -OCH3 is 2. The fourth-order valence-electron chi connectivity index (χ4n) is 4.34. The topological polar surface area (TPSA) is 90.3 Å². The number of para-hydroxylation sites is 2. The lowest BCUT2D eigenvalue weighted by Gasteiger charge is -2.29. The van der Waals surface area contributed by atoms with Gasteiger partial charge < -0.3 is 20.1 Å². The van der Waals surface area contributed by atoms with Crippen molar-refractivity contribution in [2.75, 3.05) is 24.9 Å². The highest BCUT2D eigenvalue weighted by Crippen LogP contribution is 2.40. The molecule has 0 aliphatic carbocycles. The maximum atomic E-state index is 13.8. The van der Waals surface area contributed by atoms with E-state index in [-0.39, 0.29) is 5.91 Å². The summed E-state index contributed by atoms with van der Waals surface area (Å²) in [6.45, 7) is 1.86. The van der Waals surface area contributed by atoms with E-state index in [2.05, 4.69) is 26.6 Å². The molecule has 1 amide bonds. The highest BCUT2D eigenvalue weighted by Gasteiger charge is 2.35. The molecular formula is C28H25BrClN5O3S. The minimum Gasteiger partial charge on any atom is -0.496 e. The van der Waals surface area contributed by atoms with E-state index in [9.17, 15) is 4.79 Å². The van der Waals surface area contributed by atoms with Crippen LogP contribution in [0.3, 0.4) is 0 Å². The van der Waals surface area contributed by atoms with Gasteiger partial charge in [0.25, 0.3) is 5.91 Å². The first kappa shape index (κ1) is 27.1. The van der Waals surface area contributed by atoms with E-state index in [1.54, 1.807) is 31.0 Å². The Morgan fingerprint density at radius 1 is 1.10 bits per heavy atom. The number of halogens is 2. The van der Waals surface area contributed by atoms with Crippen molar-refractivity contribution >= 4 is 56.8 Å². The monoisotopic (exact) mass is 625 g/mol. The number of nitrogens with one attached hydrogen (secondary N) is 2. The van der Waals surface area contributed by atoms with Gasteiger partial charge in [-0.2, -0.15) is 4.98 Å². The number of fused-ring (bicyclic) bond motifs is 1. The number of amides is 1. The van der Waals surface area contributed by atoms with Crippen molar-refractivity contribution in [2.24, 2.45) is 0 Å². The molecule has 4 aromatic rings. The summed E-state index contributed by atoms with van der Waals surface area (Å²) >= 11 is 11.4. The van der Waals surface area contributed by atoms with Crippen molar-refractivity contribution in [3.63, 3.8) is 0 Å². The van der Waals surface area contributed by atoms with E-state index >= 15 is 0 Å². The number of anilines is 2. The molecule has 1 aliphatic heterocycles. The van der Waals surface area contributed by atoms with Gasteiger partial charge in [0.1, 0.15) is 17.5 Å². The maximum Gasteiger partial charge on any atom is 0.255 e. The van der Waals surface area contributed by atoms with Crippen LogP contribution in [0.25, 0.3) is 0 Å². The fraction of sp³-hybridized carbons (Fsp3) is 0.179. The van der Waals surface area contributed by atoms with E-state index in [1.165, 1.54) is 11.8 Å². The zero-order chi connectivity index (χ0) is 27.5. The van der Waals surface area contributed by atoms with Gasteiger partial charge in [0.05, 0.1) is 30.0 Å². The zero-order valence-electron chi connectivity index (χ0n) is 21.4. The third kappa shape index (κ3) is 5.63. The number of aromatic nitrogens is 3. The van der Waals surface area contributed by atoms with Gasteiger partial charge in [0.2, 0.25) is 11.1 Å². The van der Waals surface area contributed by atoms with Crippen LogP contribution in [0.5, 0.6) is 11.5 Å². The molecular weight excluding hydrogens is 602 g/mol. The lowest BCUT2D eigenvalue weighted by atomic mass is 9.95. The Kier molecular flexibility index (Phi) is 8.15. The quantitative estimate of drug-likeness (QED) is 0.205. The predicted octanol–water partition coefficient (Wildman–Crippen LogP) is 6.93. The first-order valence-corrected chi connectivity index (χ1v) is 14.1. The van der Waals surface area contributed by atoms with E-state index in [4.69, 9.17) is 31.2 Å². The first-order valence-electron chi connectivity index (χ1n) is 12.0. The molecule has 1 atom stereocenters. The lowest BCUT2D eigenvalue weighted by Crippen LogP contribution is -2.31. The third-order valence-electron chi connectivity index (χ3n) is 6.24. The second-order valence-corrected chi connectivity index (χ2v) is 10.9. The molecule has 0 radical (unpaired) electrons. The van der Waals surface area contributed by atoms with Crippen LogP contribution in [0.15, 0.2) is 87.6 Å². The molecule has 0 saturated heterocycles. The Labute approximate surface area is 243 Å². The normalized spacial score (nSPS) is 14.4. The Morgan fingerprint density at radius 2 is 1.85 bits per heavy atom. The Bertz CT molecular complexity index is 1570. The fourth-order valence-corrected chi connectivity index (χ4v) is 6.02. The summed E-state index contributed by atoms with van der Waals surface area (Å²) in [6.07, 6.45) is 0. The standard InChI is InChI=1S/C28H25BrClN5O3S/c1-16-24(26(36)32-21-10-6-7-11-23(21)38-3)25(17-12-13-22(37-2)19(29)14-17)35-27(31-16)33-28(34-35)39-15-18-8-4-5-9-20(18)30/h4-14,25H,15H2,1-3H3,(H,32,36)(H,31,33,34). The number of rotatable bonds is 8. The SMILES string of the molecule is COc1ccc(C2C(C(=O)Nc3ccccc3OC)=C(C)Nc3nc(SCc4ccccc4Cl)nn32)cc1Br. The predicted molar refractivity (Wildman–Crippen MR) is 158 cm³/mol. The molecule has 1 aliphatic rings. The van der Waals surface area contributed by atoms with Crippen molar-refractivity contribution in [3.8, 4) is 11.5 Å². The minimum absolute atomic E-state index is 0.284. The average molecular weight is 627 g/mol. The van der Waals surface area contributed by atoms with Crippen molar-refractivity contribution < 1.29 is 14.3 Å². The number of benzene rings is 3. The van der Waals surface area contributed by atoms with Gasteiger partial charge in [-0.05, 0) is 64.3 Å². The van der Waals surface area contributed by atoms with Crippen LogP contribution in [0.2, 0.25) is 5.02 Å². The van der Waals surface area contributed by atoms with Crippen molar-refractivity contribution in [3.05, 3.63) is 98.6 Å². The van der Waals surface area contributed by atoms with E-state index < -0.39 is 6.04 Å². The van der Waals surface area contributed by atoms with E-state index in [1.807, 2.05) is 61.5 Å². The summed E-state index contributed by atoms with van der Waals surface area (Å²) in [5, 5.41) is 12.4. The molecule has 8 nitrogen and oxygen atoms in total. The average Bonchev–Trinajstić information content (AvgIpc) is 3.34. The summed E-state index contributed by atoms with van der Waals surface area (Å²) in [4.78, 5) is 18.5. The number of hydrogen-bond donors (Lipinski definition) is 2. The molecule has 2 heterocycles. The largest absolute Gasteiger partial charge is 0.496 e. The molecule has 3 aromatic carbocycles. The van der Waals surface area contributed by atoms with Gasteiger partial charge in [-0.15, -0.1) is 5.10 Å². The van der Waals surface area contributed by atoms with Crippen LogP contribution in [-0.2, 0) is 10.5 Å². The van der Waals surface area contributed by atoms with Crippen LogP contribution in [-0.4, -0.2) is 34.9 Å². The summed E-state index contributed by atoms with van der Waals surface area (Å²) in [7, 11) is 3.18. The van der Waals surface area contributed by atoms with Crippen LogP contribution in [0, 0.1) is 0 Å². The number of carbonyl (C=O) groups is 1. The second-order valence-electron chi connectivity index (χ2n) is 8.66. The van der Waals surface area contributed by atoms with Gasteiger partial charge >= 0.3 is 0 Å². The van der Waals surface area contributed by atoms with Crippen LogP contribution >= 0.6 is 39.3 Å². The lowest BCUT2D eigenvalue weighted by molar-refractivity contribution is -0.113. The molecule has 0 bridgehead atoms. The molecule has 11 heteroatoms. The smallest absolute Gasteiger partial charge is 0.255 e. The number of carbonyl (C=O) groups excluding carboxylic acids is 1. The van der Waals surface area contributed by atoms with Crippen LogP contribution < -0.4 is 20.1 Å².